The maximum Gasteiger partial charge on any atom is 0.350 e. The van der Waals surface area contributed by atoms with Gasteiger partial charge in [-0.1, -0.05) is 26.0 Å². The molecule has 1 aromatic heterocycles. The average Bonchev–Trinajstić information content (AvgIpc) is 3.27. The molecule has 0 saturated carbocycles. The lowest BCUT2D eigenvalue weighted by Gasteiger charge is -2.18. The van der Waals surface area contributed by atoms with E-state index in [9.17, 15) is 14.4 Å². The molecule has 0 radical (unpaired) electrons. The summed E-state index contributed by atoms with van der Waals surface area (Å²) in [5.41, 5.74) is 2.38. The van der Waals surface area contributed by atoms with Crippen LogP contribution in [0.5, 0.6) is 0 Å². The summed E-state index contributed by atoms with van der Waals surface area (Å²) in [5, 5.41) is 4.48. The van der Waals surface area contributed by atoms with Gasteiger partial charge in [0.15, 0.2) is 0 Å². The summed E-state index contributed by atoms with van der Waals surface area (Å²) in [7, 11) is 1.30. The van der Waals surface area contributed by atoms with E-state index in [1.807, 2.05) is 24.3 Å². The van der Waals surface area contributed by atoms with Crippen LogP contribution in [-0.2, 0) is 14.3 Å². The fraction of sp³-hybridized carbons (Fsp3) is 0.350. The number of carbonyl (C=O) groups is 3. The summed E-state index contributed by atoms with van der Waals surface area (Å²) in [4.78, 5) is 38.9. The van der Waals surface area contributed by atoms with Crippen molar-refractivity contribution in [3.8, 4) is 0 Å². The van der Waals surface area contributed by atoms with Gasteiger partial charge in [0.05, 0.1) is 18.7 Å². The Labute approximate surface area is 162 Å². The lowest BCUT2D eigenvalue weighted by Crippen LogP contribution is -2.28. The maximum absolute atomic E-state index is 12.6. The summed E-state index contributed by atoms with van der Waals surface area (Å²) < 4.78 is 4.72. The topological polar surface area (TPSA) is 75.7 Å². The van der Waals surface area contributed by atoms with Crippen LogP contribution >= 0.6 is 11.3 Å². The van der Waals surface area contributed by atoms with Crippen LogP contribution in [0.1, 0.15) is 41.4 Å². The van der Waals surface area contributed by atoms with Gasteiger partial charge in [-0.3, -0.25) is 9.59 Å². The molecule has 1 aromatic carbocycles. The highest BCUT2D eigenvalue weighted by Gasteiger charge is 2.35. The Morgan fingerprint density at radius 3 is 2.78 bits per heavy atom. The van der Waals surface area contributed by atoms with Gasteiger partial charge in [-0.15, -0.1) is 11.3 Å². The Morgan fingerprint density at radius 1 is 1.30 bits per heavy atom. The molecule has 1 unspecified atom stereocenters. The Kier molecular flexibility index (Phi) is 5.60. The third kappa shape index (κ3) is 4.03. The number of hydrogen-bond donors (Lipinski definition) is 1. The van der Waals surface area contributed by atoms with Gasteiger partial charge in [-0.05, 0) is 35.1 Å². The highest BCUT2D eigenvalue weighted by atomic mass is 32.1. The molecule has 1 N–H and O–H groups in total. The summed E-state index contributed by atoms with van der Waals surface area (Å²) in [6, 6.07) is 9.51. The predicted octanol–water partition coefficient (Wildman–Crippen LogP) is 3.65. The number of hydrogen-bond acceptors (Lipinski definition) is 5. The SMILES string of the molecule is COC(=O)c1sccc1NC(=O)C1CC(=O)N(c2cccc(C(C)C)c2)C1. The quantitative estimate of drug-likeness (QED) is 0.796. The van der Waals surface area contributed by atoms with E-state index in [1.165, 1.54) is 18.4 Å². The van der Waals surface area contributed by atoms with E-state index in [-0.39, 0.29) is 18.2 Å². The van der Waals surface area contributed by atoms with Crippen molar-refractivity contribution in [1.29, 1.82) is 0 Å². The van der Waals surface area contributed by atoms with Crippen LogP contribution in [0, 0.1) is 5.92 Å². The van der Waals surface area contributed by atoms with E-state index >= 15 is 0 Å². The molecule has 6 nitrogen and oxygen atoms in total. The lowest BCUT2D eigenvalue weighted by atomic mass is 10.0. The number of anilines is 2. The summed E-state index contributed by atoms with van der Waals surface area (Å²) in [5.74, 6) is -0.943. The van der Waals surface area contributed by atoms with Crippen molar-refractivity contribution in [2.75, 3.05) is 23.9 Å². The van der Waals surface area contributed by atoms with E-state index in [2.05, 4.69) is 19.2 Å². The first-order valence-corrected chi connectivity index (χ1v) is 9.65. The molecule has 27 heavy (non-hydrogen) atoms. The van der Waals surface area contributed by atoms with Crippen molar-refractivity contribution in [3.05, 3.63) is 46.2 Å². The number of amides is 2. The van der Waals surface area contributed by atoms with Crippen LogP contribution < -0.4 is 10.2 Å². The van der Waals surface area contributed by atoms with Gasteiger partial charge in [0.2, 0.25) is 11.8 Å². The molecule has 0 bridgehead atoms. The third-order valence-corrected chi connectivity index (χ3v) is 5.53. The highest BCUT2D eigenvalue weighted by Crippen LogP contribution is 2.29. The summed E-state index contributed by atoms with van der Waals surface area (Å²) >= 11 is 1.20. The number of nitrogens with one attached hydrogen (secondary N) is 1. The molecule has 1 aliphatic heterocycles. The second-order valence-corrected chi connectivity index (χ2v) is 7.72. The smallest absolute Gasteiger partial charge is 0.350 e. The van der Waals surface area contributed by atoms with Gasteiger partial charge in [-0.25, -0.2) is 4.79 Å². The number of thiophene rings is 1. The van der Waals surface area contributed by atoms with E-state index in [0.29, 0.717) is 23.0 Å². The molecule has 7 heteroatoms. The van der Waals surface area contributed by atoms with E-state index in [4.69, 9.17) is 4.74 Å². The molecular weight excluding hydrogens is 364 g/mol. The molecule has 1 fully saturated rings. The van der Waals surface area contributed by atoms with Gasteiger partial charge in [0.1, 0.15) is 4.88 Å². The van der Waals surface area contributed by atoms with Crippen LogP contribution in [-0.4, -0.2) is 31.4 Å². The van der Waals surface area contributed by atoms with Crippen LogP contribution in [0.2, 0.25) is 0 Å². The Morgan fingerprint density at radius 2 is 2.07 bits per heavy atom. The fourth-order valence-corrected chi connectivity index (χ4v) is 3.84. The number of esters is 1. The minimum atomic E-state index is -0.491. The first kappa shape index (κ1) is 19.1. The fourth-order valence-electron chi connectivity index (χ4n) is 3.08. The average molecular weight is 386 g/mol. The number of nitrogens with zero attached hydrogens (tertiary/aromatic N) is 1. The minimum absolute atomic E-state index is 0.0745. The first-order valence-electron chi connectivity index (χ1n) is 8.77. The molecule has 1 aliphatic rings. The summed E-state index contributed by atoms with van der Waals surface area (Å²) in [6.45, 7) is 4.52. The molecule has 1 saturated heterocycles. The predicted molar refractivity (Wildman–Crippen MR) is 105 cm³/mol. The normalized spacial score (nSPS) is 16.7. The number of carbonyl (C=O) groups excluding carboxylic acids is 3. The highest BCUT2D eigenvalue weighted by molar-refractivity contribution is 7.12. The van der Waals surface area contributed by atoms with Crippen molar-refractivity contribution < 1.29 is 19.1 Å². The zero-order valence-electron chi connectivity index (χ0n) is 15.5. The molecule has 1 atom stereocenters. The lowest BCUT2D eigenvalue weighted by molar-refractivity contribution is -0.122. The Balaban J connectivity index is 1.72. The van der Waals surface area contributed by atoms with Crippen molar-refractivity contribution in [3.63, 3.8) is 0 Å². The van der Waals surface area contributed by atoms with Gasteiger partial charge in [-0.2, -0.15) is 0 Å². The Hall–Kier alpha value is -2.67. The largest absolute Gasteiger partial charge is 0.465 e. The van der Waals surface area contributed by atoms with Gasteiger partial charge < -0.3 is 15.0 Å². The van der Waals surface area contributed by atoms with Crippen LogP contribution in [0.4, 0.5) is 11.4 Å². The molecule has 3 rings (SSSR count). The number of ether oxygens (including phenoxy) is 1. The van der Waals surface area contributed by atoms with Gasteiger partial charge in [0.25, 0.3) is 0 Å². The maximum atomic E-state index is 12.6. The Bertz CT molecular complexity index is 874. The van der Waals surface area contributed by atoms with Crippen molar-refractivity contribution in [2.45, 2.75) is 26.2 Å². The molecule has 0 aliphatic carbocycles. The molecule has 0 spiro atoms. The van der Waals surface area contributed by atoms with E-state index in [0.717, 1.165) is 11.3 Å². The standard InChI is InChI=1S/C20H22N2O4S/c1-12(2)13-5-4-6-15(9-13)22-11-14(10-17(22)23)19(24)21-16-7-8-27-18(16)20(25)26-3/h4-9,12,14H,10-11H2,1-3H3,(H,21,24). The third-order valence-electron chi connectivity index (χ3n) is 4.64. The van der Waals surface area contributed by atoms with Crippen LogP contribution in [0.15, 0.2) is 35.7 Å². The molecule has 2 aromatic rings. The van der Waals surface area contributed by atoms with E-state index < -0.39 is 11.9 Å². The minimum Gasteiger partial charge on any atom is -0.465 e. The van der Waals surface area contributed by atoms with Gasteiger partial charge >= 0.3 is 5.97 Å². The van der Waals surface area contributed by atoms with Crippen molar-refractivity contribution in [1.82, 2.24) is 0 Å². The second-order valence-electron chi connectivity index (χ2n) is 6.80. The molecule has 2 heterocycles. The zero-order valence-corrected chi connectivity index (χ0v) is 16.3. The van der Waals surface area contributed by atoms with E-state index in [1.54, 1.807) is 16.3 Å². The van der Waals surface area contributed by atoms with Crippen LogP contribution in [0.3, 0.4) is 0 Å². The first-order chi connectivity index (χ1) is 12.9. The van der Waals surface area contributed by atoms with Crippen LogP contribution in [0.25, 0.3) is 0 Å². The monoisotopic (exact) mass is 386 g/mol. The summed E-state index contributed by atoms with van der Waals surface area (Å²) in [6.07, 6.45) is 0.148. The number of methoxy groups -OCH3 is 1. The van der Waals surface area contributed by atoms with Crippen molar-refractivity contribution in [2.24, 2.45) is 5.92 Å². The molecular formula is C20H22N2O4S. The molecule has 2 amide bonds. The number of rotatable bonds is 5. The van der Waals surface area contributed by atoms with Crippen molar-refractivity contribution >= 4 is 40.5 Å². The zero-order chi connectivity index (χ0) is 19.6. The second kappa shape index (κ2) is 7.92. The number of benzene rings is 1. The molecule has 142 valence electrons. The van der Waals surface area contributed by atoms with Gasteiger partial charge in [0, 0.05) is 18.7 Å².